The average molecular weight is 193 g/mol. The van der Waals surface area contributed by atoms with Gasteiger partial charge in [-0.2, -0.15) is 0 Å². The van der Waals surface area contributed by atoms with Crippen LogP contribution in [0.3, 0.4) is 0 Å². The molecule has 0 aliphatic rings. The molecule has 2 N–H and O–H groups in total. The molecule has 0 heterocycles. The molecular weight excluding hydrogens is 181 g/mol. The molecule has 1 unspecified atom stereocenters. The summed E-state index contributed by atoms with van der Waals surface area (Å²) in [6.45, 7) is -0.260. The van der Waals surface area contributed by atoms with Crippen molar-refractivity contribution in [1.29, 1.82) is 0 Å². The van der Waals surface area contributed by atoms with Crippen LogP contribution in [0.1, 0.15) is 6.92 Å². The van der Waals surface area contributed by atoms with Gasteiger partial charge in [0.25, 0.3) is 0 Å². The predicted molar refractivity (Wildman–Crippen MR) is 49.6 cm³/mol. The summed E-state index contributed by atoms with van der Waals surface area (Å²) in [7, 11) is 0. The highest BCUT2D eigenvalue weighted by atomic mass is 32.7. The normalized spacial score (nSPS) is 15.4. The molecular formula is C6H12NO2PS. The van der Waals surface area contributed by atoms with Crippen molar-refractivity contribution in [3.05, 3.63) is 0 Å². The van der Waals surface area contributed by atoms with Gasteiger partial charge < -0.3 is 10.3 Å². The summed E-state index contributed by atoms with van der Waals surface area (Å²) in [5.41, 5.74) is 7.38. The SMILES string of the molecule is C#CP(=O)(OCC)SCCN. The van der Waals surface area contributed by atoms with Crippen molar-refractivity contribution in [1.82, 2.24) is 0 Å². The molecule has 0 aliphatic heterocycles. The Kier molecular flexibility index (Phi) is 5.71. The smallest absolute Gasteiger partial charge is 0.329 e. The first-order chi connectivity index (χ1) is 5.18. The minimum atomic E-state index is -2.85. The summed E-state index contributed by atoms with van der Waals surface area (Å²) < 4.78 is 16.3. The van der Waals surface area contributed by atoms with Crippen molar-refractivity contribution < 1.29 is 9.09 Å². The predicted octanol–water partition coefficient (Wildman–Crippen LogP) is 1.50. The molecule has 0 aromatic rings. The highest BCUT2D eigenvalue weighted by Crippen LogP contribution is 2.58. The second-order valence-corrected chi connectivity index (χ2v) is 6.06. The molecule has 0 spiro atoms. The van der Waals surface area contributed by atoms with Crippen molar-refractivity contribution in [3.63, 3.8) is 0 Å². The Morgan fingerprint density at radius 1 is 1.82 bits per heavy atom. The topological polar surface area (TPSA) is 52.3 Å². The Balaban J connectivity index is 3.92. The summed E-state index contributed by atoms with van der Waals surface area (Å²) in [5, 5.41) is 0. The fourth-order valence-electron chi connectivity index (χ4n) is 0.455. The second-order valence-electron chi connectivity index (χ2n) is 1.67. The van der Waals surface area contributed by atoms with E-state index in [9.17, 15) is 4.57 Å². The van der Waals surface area contributed by atoms with Crippen LogP contribution in [0.25, 0.3) is 0 Å². The van der Waals surface area contributed by atoms with E-state index in [1.807, 2.05) is 0 Å². The maximum absolute atomic E-state index is 11.4. The largest absolute Gasteiger partial charge is 0.330 e. The van der Waals surface area contributed by atoms with Crippen molar-refractivity contribution in [2.24, 2.45) is 5.73 Å². The zero-order chi connectivity index (χ0) is 8.74. The number of hydrogen-bond acceptors (Lipinski definition) is 4. The minimum absolute atomic E-state index is 0.374. The number of rotatable bonds is 5. The minimum Gasteiger partial charge on any atom is -0.330 e. The third kappa shape index (κ3) is 4.49. The van der Waals surface area contributed by atoms with Gasteiger partial charge in [0.15, 0.2) is 0 Å². The first-order valence-corrected chi connectivity index (χ1v) is 6.47. The van der Waals surface area contributed by atoms with E-state index in [1.165, 1.54) is 0 Å². The summed E-state index contributed by atoms with van der Waals surface area (Å²) in [5.74, 6) is 0.571. The van der Waals surface area contributed by atoms with Gasteiger partial charge in [-0.1, -0.05) is 11.4 Å². The fourth-order valence-corrected chi connectivity index (χ4v) is 3.16. The third-order valence-corrected chi connectivity index (χ3v) is 4.71. The molecule has 5 heteroatoms. The molecule has 0 aromatic heterocycles. The van der Waals surface area contributed by atoms with Crippen LogP contribution >= 0.6 is 18.0 Å². The Hall–Kier alpha value is 0.0600. The van der Waals surface area contributed by atoms with E-state index >= 15 is 0 Å². The van der Waals surface area contributed by atoms with E-state index in [0.29, 0.717) is 18.9 Å². The molecule has 3 nitrogen and oxygen atoms in total. The Bertz CT molecular complexity index is 190. The van der Waals surface area contributed by atoms with Gasteiger partial charge in [0.2, 0.25) is 0 Å². The van der Waals surface area contributed by atoms with Crippen LogP contribution in [0, 0.1) is 12.1 Å². The van der Waals surface area contributed by atoms with Gasteiger partial charge in [-0.3, -0.25) is 4.57 Å². The summed E-state index contributed by atoms with van der Waals surface area (Å²) in [4.78, 5) is 0. The Morgan fingerprint density at radius 3 is 2.82 bits per heavy atom. The molecule has 0 aromatic carbocycles. The molecule has 0 bridgehead atoms. The first kappa shape index (κ1) is 11.1. The standard InChI is InChI=1S/C6H12NO2PS/c1-3-9-10(8,4-2)11-6-5-7/h2H,3,5-7H2,1H3. The molecule has 0 rings (SSSR count). The van der Waals surface area contributed by atoms with E-state index in [4.69, 9.17) is 16.7 Å². The Labute approximate surface area is 71.3 Å². The summed E-state index contributed by atoms with van der Waals surface area (Å²) >= 11 is 1.12. The lowest BCUT2D eigenvalue weighted by atomic mass is 10.8. The first-order valence-electron chi connectivity index (χ1n) is 3.25. The highest BCUT2D eigenvalue weighted by Gasteiger charge is 2.18. The van der Waals surface area contributed by atoms with E-state index in [2.05, 4.69) is 5.66 Å². The van der Waals surface area contributed by atoms with Crippen molar-refractivity contribution in [2.75, 3.05) is 18.9 Å². The quantitative estimate of drug-likeness (QED) is 0.531. The molecule has 0 fully saturated rings. The van der Waals surface area contributed by atoms with E-state index in [-0.39, 0.29) is 0 Å². The van der Waals surface area contributed by atoms with Crippen LogP contribution in [0.15, 0.2) is 0 Å². The van der Waals surface area contributed by atoms with Crippen LogP contribution < -0.4 is 5.73 Å². The maximum atomic E-state index is 11.4. The zero-order valence-electron chi connectivity index (χ0n) is 6.45. The van der Waals surface area contributed by atoms with E-state index < -0.39 is 6.57 Å². The lowest BCUT2D eigenvalue weighted by molar-refractivity contribution is 0.353. The van der Waals surface area contributed by atoms with Crippen LogP contribution in [0.4, 0.5) is 0 Å². The van der Waals surface area contributed by atoms with E-state index in [1.54, 1.807) is 6.92 Å². The number of nitrogens with two attached hydrogens (primary N) is 1. The summed E-state index contributed by atoms with van der Waals surface area (Å²) in [6, 6.07) is 0. The Morgan fingerprint density at radius 2 is 2.45 bits per heavy atom. The van der Waals surface area contributed by atoms with Crippen LogP contribution in [-0.4, -0.2) is 18.9 Å². The van der Waals surface area contributed by atoms with Gasteiger partial charge >= 0.3 is 6.57 Å². The number of terminal acetylenes is 1. The van der Waals surface area contributed by atoms with Gasteiger partial charge in [0, 0.05) is 12.3 Å². The van der Waals surface area contributed by atoms with Crippen LogP contribution in [-0.2, 0) is 9.09 Å². The molecule has 11 heavy (non-hydrogen) atoms. The van der Waals surface area contributed by atoms with Gasteiger partial charge in [0.05, 0.1) is 6.61 Å². The van der Waals surface area contributed by atoms with Gasteiger partial charge in [-0.25, -0.2) is 0 Å². The molecule has 0 aliphatic carbocycles. The van der Waals surface area contributed by atoms with Gasteiger partial charge in [-0.05, 0) is 12.6 Å². The van der Waals surface area contributed by atoms with Crippen molar-refractivity contribution in [2.45, 2.75) is 6.92 Å². The monoisotopic (exact) mass is 193 g/mol. The second kappa shape index (κ2) is 5.68. The van der Waals surface area contributed by atoms with Crippen molar-refractivity contribution >= 4 is 18.0 Å². The molecule has 0 saturated heterocycles. The molecule has 0 radical (unpaired) electrons. The molecule has 0 amide bonds. The highest BCUT2D eigenvalue weighted by molar-refractivity contribution is 8.58. The van der Waals surface area contributed by atoms with Crippen LogP contribution in [0.2, 0.25) is 0 Å². The molecule has 1 atom stereocenters. The summed E-state index contributed by atoms with van der Waals surface area (Å²) in [6.07, 6.45) is 5.03. The van der Waals surface area contributed by atoms with Crippen molar-refractivity contribution in [3.8, 4) is 12.1 Å². The lowest BCUT2D eigenvalue weighted by Gasteiger charge is -2.08. The number of hydrogen-bond donors (Lipinski definition) is 1. The molecule has 0 saturated carbocycles. The maximum Gasteiger partial charge on any atom is 0.329 e. The van der Waals surface area contributed by atoms with Crippen LogP contribution in [0.5, 0.6) is 0 Å². The van der Waals surface area contributed by atoms with Gasteiger partial charge in [-0.15, -0.1) is 6.42 Å². The lowest BCUT2D eigenvalue weighted by Crippen LogP contribution is -2.01. The average Bonchev–Trinajstić information content (AvgIpc) is 2.02. The zero-order valence-corrected chi connectivity index (χ0v) is 8.16. The molecule has 64 valence electrons. The van der Waals surface area contributed by atoms with E-state index in [0.717, 1.165) is 11.4 Å². The van der Waals surface area contributed by atoms with Gasteiger partial charge in [0.1, 0.15) is 0 Å². The fraction of sp³-hybridized carbons (Fsp3) is 0.667. The third-order valence-electron chi connectivity index (χ3n) is 0.836.